The van der Waals surface area contributed by atoms with E-state index in [4.69, 9.17) is 5.11 Å². The summed E-state index contributed by atoms with van der Waals surface area (Å²) in [7, 11) is 0. The summed E-state index contributed by atoms with van der Waals surface area (Å²) < 4.78 is 2.03. The lowest BCUT2D eigenvalue weighted by molar-refractivity contribution is 0.0563. The number of carbonyl (C=O) groups excluding carboxylic acids is 1. The molecule has 1 aliphatic rings. The van der Waals surface area contributed by atoms with Gasteiger partial charge in [-0.15, -0.1) is 0 Å². The zero-order valence-corrected chi connectivity index (χ0v) is 11.7. The van der Waals surface area contributed by atoms with Crippen LogP contribution in [-0.2, 0) is 6.54 Å². The van der Waals surface area contributed by atoms with Crippen LogP contribution in [0.3, 0.4) is 0 Å². The fraction of sp³-hybridized carbons (Fsp3) is 0.667. The molecule has 2 heterocycles. The van der Waals surface area contributed by atoms with Crippen LogP contribution >= 0.6 is 0 Å². The van der Waals surface area contributed by atoms with Crippen molar-refractivity contribution >= 4 is 5.91 Å². The molecule has 1 saturated heterocycles. The first-order chi connectivity index (χ1) is 9.27. The molecule has 1 unspecified atom stereocenters. The number of amides is 1. The zero-order valence-electron chi connectivity index (χ0n) is 11.7. The van der Waals surface area contributed by atoms with Crippen LogP contribution < -0.4 is 0 Å². The summed E-state index contributed by atoms with van der Waals surface area (Å²) in [5.74, 6) is 0.122. The van der Waals surface area contributed by atoms with Gasteiger partial charge in [0.2, 0.25) is 0 Å². The summed E-state index contributed by atoms with van der Waals surface area (Å²) in [5, 5.41) is 9.14. The molecule has 4 heteroatoms. The molecule has 0 aromatic carbocycles. The minimum absolute atomic E-state index is 0.122. The first-order valence-corrected chi connectivity index (χ1v) is 7.35. The molecule has 1 amide bonds. The smallest absolute Gasteiger partial charge is 0.270 e. The van der Waals surface area contributed by atoms with E-state index in [1.54, 1.807) is 0 Å². The molecule has 0 spiro atoms. The molecule has 1 aliphatic heterocycles. The third kappa shape index (κ3) is 3.18. The van der Waals surface area contributed by atoms with E-state index in [1.807, 2.05) is 27.8 Å². The predicted molar refractivity (Wildman–Crippen MR) is 75.1 cm³/mol. The Morgan fingerprint density at radius 2 is 2.32 bits per heavy atom. The van der Waals surface area contributed by atoms with Crippen LogP contribution in [0.25, 0.3) is 0 Å². The summed E-state index contributed by atoms with van der Waals surface area (Å²) in [6.07, 6.45) is 6.93. The first-order valence-electron chi connectivity index (χ1n) is 7.35. The molecule has 19 heavy (non-hydrogen) atoms. The van der Waals surface area contributed by atoms with Crippen molar-refractivity contribution in [2.75, 3.05) is 13.2 Å². The molecule has 1 aromatic rings. The van der Waals surface area contributed by atoms with Gasteiger partial charge < -0.3 is 14.6 Å². The summed E-state index contributed by atoms with van der Waals surface area (Å²) in [5.41, 5.74) is 0.784. The lowest BCUT2D eigenvalue weighted by Crippen LogP contribution is -2.44. The first kappa shape index (κ1) is 14.1. The van der Waals surface area contributed by atoms with Crippen molar-refractivity contribution in [3.8, 4) is 0 Å². The van der Waals surface area contributed by atoms with E-state index in [1.165, 1.54) is 0 Å². The Bertz CT molecular complexity index is 412. The molecular formula is C15H24N2O2. The molecule has 1 atom stereocenters. The van der Waals surface area contributed by atoms with Crippen LogP contribution in [0.4, 0.5) is 0 Å². The number of nitrogens with zero attached hydrogens (tertiary/aromatic N) is 2. The van der Waals surface area contributed by atoms with Gasteiger partial charge in [-0.1, -0.05) is 6.92 Å². The highest BCUT2D eigenvalue weighted by atomic mass is 16.3. The number of likely N-dealkylation sites (tertiary alicyclic amines) is 1. The topological polar surface area (TPSA) is 45.5 Å². The fourth-order valence-corrected chi connectivity index (χ4v) is 2.91. The normalized spacial score (nSPS) is 19.7. The van der Waals surface area contributed by atoms with E-state index in [0.717, 1.165) is 44.5 Å². The summed E-state index contributed by atoms with van der Waals surface area (Å²) >= 11 is 0. The number of aryl methyl sites for hydroxylation is 1. The molecule has 1 fully saturated rings. The van der Waals surface area contributed by atoms with E-state index in [2.05, 4.69) is 6.92 Å². The number of hydrogen-bond acceptors (Lipinski definition) is 2. The molecule has 1 aromatic heterocycles. The number of rotatable bonds is 5. The lowest BCUT2D eigenvalue weighted by atomic mass is 9.99. The third-order valence-electron chi connectivity index (χ3n) is 3.86. The number of aromatic nitrogens is 1. The lowest BCUT2D eigenvalue weighted by Gasteiger charge is -2.35. The highest BCUT2D eigenvalue weighted by Gasteiger charge is 2.28. The largest absolute Gasteiger partial charge is 0.396 e. The maximum atomic E-state index is 12.7. The van der Waals surface area contributed by atoms with Crippen LogP contribution in [0.15, 0.2) is 18.3 Å². The van der Waals surface area contributed by atoms with Crippen molar-refractivity contribution in [1.82, 2.24) is 9.47 Å². The zero-order chi connectivity index (χ0) is 13.7. The number of aliphatic hydroxyl groups is 1. The maximum absolute atomic E-state index is 12.7. The van der Waals surface area contributed by atoms with Gasteiger partial charge in [-0.05, 0) is 44.2 Å². The number of piperidine rings is 1. The van der Waals surface area contributed by atoms with Gasteiger partial charge in [0, 0.05) is 31.9 Å². The van der Waals surface area contributed by atoms with E-state index in [9.17, 15) is 4.79 Å². The SMILES string of the molecule is CCCn1cccc1C(=O)N1CCCCC1CCO. The number of hydrogen-bond donors (Lipinski definition) is 1. The molecule has 0 saturated carbocycles. The van der Waals surface area contributed by atoms with Gasteiger partial charge in [-0.25, -0.2) is 0 Å². The highest BCUT2D eigenvalue weighted by molar-refractivity contribution is 5.93. The quantitative estimate of drug-likeness (QED) is 0.886. The van der Waals surface area contributed by atoms with Crippen molar-refractivity contribution in [2.45, 2.75) is 51.6 Å². The van der Waals surface area contributed by atoms with Gasteiger partial charge >= 0.3 is 0 Å². The minimum atomic E-state index is 0.122. The maximum Gasteiger partial charge on any atom is 0.270 e. The van der Waals surface area contributed by atoms with Gasteiger partial charge in [0.25, 0.3) is 5.91 Å². The van der Waals surface area contributed by atoms with Gasteiger partial charge in [-0.3, -0.25) is 4.79 Å². The van der Waals surface area contributed by atoms with Gasteiger partial charge in [0.15, 0.2) is 0 Å². The van der Waals surface area contributed by atoms with E-state index >= 15 is 0 Å². The minimum Gasteiger partial charge on any atom is -0.396 e. The monoisotopic (exact) mass is 264 g/mol. The van der Waals surface area contributed by atoms with E-state index in [-0.39, 0.29) is 18.6 Å². The molecule has 106 valence electrons. The predicted octanol–water partition coefficient (Wildman–Crippen LogP) is 2.28. The second kappa shape index (κ2) is 6.75. The fourth-order valence-electron chi connectivity index (χ4n) is 2.91. The number of carbonyl (C=O) groups is 1. The molecule has 0 radical (unpaired) electrons. The van der Waals surface area contributed by atoms with Gasteiger partial charge in [0.1, 0.15) is 5.69 Å². The van der Waals surface area contributed by atoms with Crippen LogP contribution in [0.5, 0.6) is 0 Å². The molecule has 0 aliphatic carbocycles. The Kier molecular flexibility index (Phi) is 5.02. The average Bonchev–Trinajstić information content (AvgIpc) is 2.88. The average molecular weight is 264 g/mol. The molecule has 0 bridgehead atoms. The van der Waals surface area contributed by atoms with Crippen LogP contribution in [-0.4, -0.2) is 39.7 Å². The van der Waals surface area contributed by atoms with Gasteiger partial charge in [0.05, 0.1) is 0 Å². The third-order valence-corrected chi connectivity index (χ3v) is 3.86. The Morgan fingerprint density at radius 1 is 1.47 bits per heavy atom. The van der Waals surface area contributed by atoms with Crippen LogP contribution in [0.2, 0.25) is 0 Å². The summed E-state index contributed by atoms with van der Waals surface area (Å²) in [6, 6.07) is 4.05. The van der Waals surface area contributed by atoms with Crippen LogP contribution in [0, 0.1) is 0 Å². The Morgan fingerprint density at radius 3 is 3.05 bits per heavy atom. The Hall–Kier alpha value is -1.29. The second-order valence-electron chi connectivity index (χ2n) is 5.25. The second-order valence-corrected chi connectivity index (χ2v) is 5.25. The molecule has 4 nitrogen and oxygen atoms in total. The summed E-state index contributed by atoms with van der Waals surface area (Å²) in [4.78, 5) is 14.6. The molecular weight excluding hydrogens is 240 g/mol. The van der Waals surface area contributed by atoms with Gasteiger partial charge in [-0.2, -0.15) is 0 Å². The van der Waals surface area contributed by atoms with E-state index in [0.29, 0.717) is 6.42 Å². The molecule has 2 rings (SSSR count). The van der Waals surface area contributed by atoms with Crippen molar-refractivity contribution < 1.29 is 9.90 Å². The molecule has 1 N–H and O–H groups in total. The highest BCUT2D eigenvalue weighted by Crippen LogP contribution is 2.22. The standard InChI is InChI=1S/C15H24N2O2/c1-2-9-16-10-5-7-14(16)15(19)17-11-4-3-6-13(17)8-12-18/h5,7,10,13,18H,2-4,6,8-9,11-12H2,1H3. The van der Waals surface area contributed by atoms with E-state index < -0.39 is 0 Å². The van der Waals surface area contributed by atoms with Crippen molar-refractivity contribution in [3.63, 3.8) is 0 Å². The number of aliphatic hydroxyl groups excluding tert-OH is 1. The van der Waals surface area contributed by atoms with Crippen molar-refractivity contribution in [2.24, 2.45) is 0 Å². The Balaban J connectivity index is 2.14. The summed E-state index contributed by atoms with van der Waals surface area (Å²) in [6.45, 7) is 3.97. The van der Waals surface area contributed by atoms with Crippen molar-refractivity contribution in [3.05, 3.63) is 24.0 Å². The van der Waals surface area contributed by atoms with Crippen molar-refractivity contribution in [1.29, 1.82) is 0 Å². The van der Waals surface area contributed by atoms with Crippen LogP contribution in [0.1, 0.15) is 49.5 Å². The Labute approximate surface area is 115 Å².